The van der Waals surface area contributed by atoms with Crippen molar-refractivity contribution >= 4 is 17.9 Å². The molecule has 1 saturated carbocycles. The molecule has 1 fully saturated rings. The van der Waals surface area contributed by atoms with Crippen molar-refractivity contribution in [2.45, 2.75) is 98.3 Å². The van der Waals surface area contributed by atoms with Crippen LogP contribution in [0, 0.1) is 22.7 Å². The van der Waals surface area contributed by atoms with E-state index in [0.717, 1.165) is 19.3 Å². The highest BCUT2D eigenvalue weighted by Gasteiger charge is 2.66. The van der Waals surface area contributed by atoms with Crippen LogP contribution in [0.1, 0.15) is 98.3 Å². The molecular formula is C23H40O6. The summed E-state index contributed by atoms with van der Waals surface area (Å²) < 4.78 is 5.63. The zero-order valence-electron chi connectivity index (χ0n) is 18.7. The van der Waals surface area contributed by atoms with Gasteiger partial charge in [-0.25, -0.2) is 0 Å². The normalized spacial score (nSPS) is 24.1. The van der Waals surface area contributed by atoms with Gasteiger partial charge in [-0.1, -0.05) is 66.2 Å². The number of carboxylic acids is 2. The molecular weight excluding hydrogens is 372 g/mol. The van der Waals surface area contributed by atoms with Crippen molar-refractivity contribution in [2.75, 3.05) is 6.61 Å². The van der Waals surface area contributed by atoms with Crippen LogP contribution >= 0.6 is 0 Å². The van der Waals surface area contributed by atoms with Crippen molar-refractivity contribution in [3.05, 3.63) is 0 Å². The molecule has 3 unspecified atom stereocenters. The third-order valence-electron chi connectivity index (χ3n) is 6.82. The highest BCUT2D eigenvalue weighted by atomic mass is 16.5. The second kappa shape index (κ2) is 11.6. The first-order valence-electron chi connectivity index (χ1n) is 11.3. The predicted molar refractivity (Wildman–Crippen MR) is 112 cm³/mol. The molecule has 0 amide bonds. The second-order valence-electron chi connectivity index (χ2n) is 8.98. The van der Waals surface area contributed by atoms with E-state index in [1.165, 1.54) is 0 Å². The maximum Gasteiger partial charge on any atom is 0.313 e. The number of ether oxygens (including phenoxy) is 1. The van der Waals surface area contributed by atoms with Gasteiger partial charge in [-0.05, 0) is 38.0 Å². The van der Waals surface area contributed by atoms with Gasteiger partial charge in [0.05, 0.1) is 23.4 Å². The number of carbonyl (C=O) groups is 3. The van der Waals surface area contributed by atoms with E-state index in [1.807, 2.05) is 20.8 Å². The monoisotopic (exact) mass is 412 g/mol. The number of carbonyl (C=O) groups excluding carboxylic acids is 1. The van der Waals surface area contributed by atoms with Gasteiger partial charge < -0.3 is 14.9 Å². The van der Waals surface area contributed by atoms with Crippen LogP contribution in [-0.2, 0) is 19.1 Å². The van der Waals surface area contributed by atoms with Gasteiger partial charge in [0.2, 0.25) is 0 Å². The standard InChI is InChI=1S/C23H40O6/c1-5-7-8-10-14-22(6-2,21(28)29-16-13-17(3)4)23(20(26)27)15-11-9-12-18(23)19(24)25/h17-18H,5-16H2,1-4H3,(H,24,25)(H,26,27). The summed E-state index contributed by atoms with van der Waals surface area (Å²) in [6, 6.07) is 0. The van der Waals surface area contributed by atoms with Crippen LogP contribution in [0.2, 0.25) is 0 Å². The quantitative estimate of drug-likeness (QED) is 0.315. The Kier molecular flexibility index (Phi) is 10.1. The predicted octanol–water partition coefficient (Wildman–Crippen LogP) is 5.29. The molecule has 2 N–H and O–H groups in total. The average Bonchev–Trinajstić information content (AvgIpc) is 2.67. The van der Waals surface area contributed by atoms with E-state index in [0.29, 0.717) is 38.0 Å². The topological polar surface area (TPSA) is 101 Å². The average molecular weight is 413 g/mol. The highest BCUT2D eigenvalue weighted by molar-refractivity contribution is 5.92. The molecule has 3 atom stereocenters. The van der Waals surface area contributed by atoms with Gasteiger partial charge in [-0.3, -0.25) is 14.4 Å². The van der Waals surface area contributed by atoms with Gasteiger partial charge in [0.15, 0.2) is 0 Å². The Labute approximate surface area is 175 Å². The molecule has 0 aromatic carbocycles. The van der Waals surface area contributed by atoms with Crippen LogP contribution in [-0.4, -0.2) is 34.7 Å². The molecule has 0 aromatic heterocycles. The number of rotatable bonds is 13. The third-order valence-corrected chi connectivity index (χ3v) is 6.82. The first-order chi connectivity index (χ1) is 13.7. The van der Waals surface area contributed by atoms with Crippen LogP contribution in [0.3, 0.4) is 0 Å². The molecule has 0 radical (unpaired) electrons. The van der Waals surface area contributed by atoms with E-state index < -0.39 is 34.7 Å². The lowest BCUT2D eigenvalue weighted by Crippen LogP contribution is -2.59. The Hall–Kier alpha value is -1.59. The smallest absolute Gasteiger partial charge is 0.313 e. The fraction of sp³-hybridized carbons (Fsp3) is 0.870. The molecule has 0 saturated heterocycles. The van der Waals surface area contributed by atoms with Crippen LogP contribution in [0.25, 0.3) is 0 Å². The molecule has 1 rings (SSSR count). The Balaban J connectivity index is 3.40. The minimum Gasteiger partial charge on any atom is -0.481 e. The maximum atomic E-state index is 13.4. The number of esters is 1. The van der Waals surface area contributed by atoms with Crippen molar-refractivity contribution in [1.29, 1.82) is 0 Å². The highest BCUT2D eigenvalue weighted by Crippen LogP contribution is 2.58. The van der Waals surface area contributed by atoms with E-state index in [1.54, 1.807) is 0 Å². The summed E-state index contributed by atoms with van der Waals surface area (Å²) in [5.74, 6) is -3.51. The van der Waals surface area contributed by atoms with Gasteiger partial charge in [-0.2, -0.15) is 0 Å². The van der Waals surface area contributed by atoms with Crippen LogP contribution in [0.4, 0.5) is 0 Å². The Morgan fingerprint density at radius 1 is 1.10 bits per heavy atom. The first kappa shape index (κ1) is 25.4. The second-order valence-corrected chi connectivity index (χ2v) is 8.98. The number of carboxylic acid groups (broad SMARTS) is 2. The minimum atomic E-state index is -1.62. The number of hydrogen-bond donors (Lipinski definition) is 2. The molecule has 0 aliphatic heterocycles. The number of hydrogen-bond acceptors (Lipinski definition) is 4. The van der Waals surface area contributed by atoms with E-state index >= 15 is 0 Å². The minimum absolute atomic E-state index is 0.209. The SMILES string of the molecule is CCCCCCC(CC)(C(=O)OCCC(C)C)C1(C(=O)O)CCCCC1C(=O)O. The summed E-state index contributed by atoms with van der Waals surface area (Å²) in [5.41, 5.74) is -2.93. The van der Waals surface area contributed by atoms with Crippen LogP contribution in [0.5, 0.6) is 0 Å². The maximum absolute atomic E-state index is 13.4. The fourth-order valence-corrected chi connectivity index (χ4v) is 5.06. The summed E-state index contributed by atoms with van der Waals surface area (Å²) in [6.07, 6.45) is 6.74. The van der Waals surface area contributed by atoms with Gasteiger partial charge in [0.1, 0.15) is 0 Å². The summed E-state index contributed by atoms with van der Waals surface area (Å²) in [4.78, 5) is 38.3. The van der Waals surface area contributed by atoms with Gasteiger partial charge >= 0.3 is 17.9 Å². The zero-order valence-corrected chi connectivity index (χ0v) is 18.7. The molecule has 6 heteroatoms. The molecule has 1 aliphatic carbocycles. The lowest BCUT2D eigenvalue weighted by Gasteiger charge is -2.50. The van der Waals surface area contributed by atoms with E-state index in [4.69, 9.17) is 4.74 Å². The van der Waals surface area contributed by atoms with E-state index in [-0.39, 0.29) is 25.9 Å². The van der Waals surface area contributed by atoms with Crippen molar-refractivity contribution in [1.82, 2.24) is 0 Å². The third kappa shape index (κ3) is 5.52. The Bertz CT molecular complexity index is 558. The van der Waals surface area contributed by atoms with Crippen molar-refractivity contribution in [2.24, 2.45) is 22.7 Å². The molecule has 29 heavy (non-hydrogen) atoms. The molecule has 1 aliphatic rings. The largest absolute Gasteiger partial charge is 0.481 e. The fourth-order valence-electron chi connectivity index (χ4n) is 5.06. The van der Waals surface area contributed by atoms with Crippen LogP contribution in [0.15, 0.2) is 0 Å². The summed E-state index contributed by atoms with van der Waals surface area (Å²) >= 11 is 0. The summed E-state index contributed by atoms with van der Waals surface area (Å²) in [6.45, 7) is 8.20. The van der Waals surface area contributed by atoms with E-state index in [2.05, 4.69) is 6.92 Å². The number of unbranched alkanes of at least 4 members (excludes halogenated alkanes) is 3. The summed E-state index contributed by atoms with van der Waals surface area (Å²) in [7, 11) is 0. The molecule has 0 heterocycles. The number of aliphatic carboxylic acids is 2. The lowest BCUT2D eigenvalue weighted by atomic mass is 9.50. The van der Waals surface area contributed by atoms with Crippen LogP contribution < -0.4 is 0 Å². The van der Waals surface area contributed by atoms with Crippen molar-refractivity contribution in [3.63, 3.8) is 0 Å². The van der Waals surface area contributed by atoms with Gasteiger partial charge in [0.25, 0.3) is 0 Å². The van der Waals surface area contributed by atoms with Gasteiger partial charge in [-0.15, -0.1) is 0 Å². The van der Waals surface area contributed by atoms with Crippen molar-refractivity contribution in [3.8, 4) is 0 Å². The zero-order chi connectivity index (χ0) is 22.1. The molecule has 0 spiro atoms. The van der Waals surface area contributed by atoms with Crippen molar-refractivity contribution < 1.29 is 29.3 Å². The molecule has 0 aromatic rings. The molecule has 168 valence electrons. The molecule has 0 bridgehead atoms. The van der Waals surface area contributed by atoms with Gasteiger partial charge in [0, 0.05) is 0 Å². The Morgan fingerprint density at radius 3 is 2.31 bits per heavy atom. The Morgan fingerprint density at radius 2 is 1.79 bits per heavy atom. The first-order valence-corrected chi connectivity index (χ1v) is 11.3. The van der Waals surface area contributed by atoms with E-state index in [9.17, 15) is 24.6 Å². The molecule has 6 nitrogen and oxygen atoms in total. The lowest BCUT2D eigenvalue weighted by molar-refractivity contribution is -0.195. The summed E-state index contributed by atoms with van der Waals surface area (Å²) in [5, 5.41) is 20.3.